The van der Waals surface area contributed by atoms with E-state index in [4.69, 9.17) is 5.73 Å². The molecule has 17 heavy (non-hydrogen) atoms. The maximum atomic E-state index is 6.05. The molecule has 94 valence electrons. The second-order valence-corrected chi connectivity index (χ2v) is 4.88. The summed E-state index contributed by atoms with van der Waals surface area (Å²) in [4.78, 5) is 8.49. The number of anilines is 1. The number of aromatic nitrogens is 2. The van der Waals surface area contributed by atoms with Crippen LogP contribution in [-0.4, -0.2) is 22.6 Å². The third-order valence-electron chi connectivity index (χ3n) is 3.49. The average molecular weight is 234 g/mol. The van der Waals surface area contributed by atoms with Gasteiger partial charge >= 0.3 is 0 Å². The first-order chi connectivity index (χ1) is 8.29. The van der Waals surface area contributed by atoms with Gasteiger partial charge < -0.3 is 11.1 Å². The van der Waals surface area contributed by atoms with Crippen LogP contribution in [0.5, 0.6) is 0 Å². The highest BCUT2D eigenvalue weighted by atomic mass is 15.0. The highest BCUT2D eigenvalue weighted by molar-refractivity contribution is 5.34. The van der Waals surface area contributed by atoms with E-state index < -0.39 is 0 Å². The Morgan fingerprint density at radius 3 is 3.00 bits per heavy atom. The first-order valence-electron chi connectivity index (χ1n) is 6.60. The first-order valence-corrected chi connectivity index (χ1v) is 6.60. The second-order valence-electron chi connectivity index (χ2n) is 4.88. The van der Waals surface area contributed by atoms with Crippen LogP contribution in [0.1, 0.15) is 38.3 Å². The van der Waals surface area contributed by atoms with Crippen LogP contribution in [0, 0.1) is 5.92 Å². The van der Waals surface area contributed by atoms with E-state index in [1.165, 1.54) is 12.8 Å². The van der Waals surface area contributed by atoms with Crippen molar-refractivity contribution in [2.24, 2.45) is 11.7 Å². The Labute approximate surface area is 103 Å². The summed E-state index contributed by atoms with van der Waals surface area (Å²) in [6.45, 7) is 3.09. The van der Waals surface area contributed by atoms with Crippen molar-refractivity contribution in [2.75, 3.05) is 11.9 Å². The summed E-state index contributed by atoms with van der Waals surface area (Å²) >= 11 is 0. The van der Waals surface area contributed by atoms with E-state index in [1.807, 2.05) is 6.07 Å². The maximum Gasteiger partial charge on any atom is 0.129 e. The molecule has 3 N–H and O–H groups in total. The molecule has 1 aromatic rings. The molecule has 0 amide bonds. The lowest BCUT2D eigenvalue weighted by Gasteiger charge is -2.16. The number of rotatable bonds is 5. The fourth-order valence-corrected chi connectivity index (χ4v) is 2.44. The van der Waals surface area contributed by atoms with Gasteiger partial charge in [0, 0.05) is 24.3 Å². The molecule has 0 aromatic carbocycles. The zero-order chi connectivity index (χ0) is 12.1. The Hall–Kier alpha value is -1.16. The van der Waals surface area contributed by atoms with Gasteiger partial charge in [-0.25, -0.2) is 9.97 Å². The van der Waals surface area contributed by atoms with Crippen LogP contribution in [0.25, 0.3) is 0 Å². The van der Waals surface area contributed by atoms with Crippen LogP contribution >= 0.6 is 0 Å². The van der Waals surface area contributed by atoms with Crippen molar-refractivity contribution in [3.8, 4) is 0 Å². The van der Waals surface area contributed by atoms with E-state index in [-0.39, 0.29) is 0 Å². The van der Waals surface area contributed by atoms with Gasteiger partial charge in [0.1, 0.15) is 12.1 Å². The zero-order valence-electron chi connectivity index (χ0n) is 10.5. The third-order valence-corrected chi connectivity index (χ3v) is 3.49. The van der Waals surface area contributed by atoms with E-state index in [2.05, 4.69) is 22.2 Å². The van der Waals surface area contributed by atoms with Crippen molar-refractivity contribution in [1.82, 2.24) is 9.97 Å². The number of nitrogens with one attached hydrogen (secondary N) is 1. The Morgan fingerprint density at radius 2 is 2.29 bits per heavy atom. The number of hydrogen-bond donors (Lipinski definition) is 2. The number of hydrogen-bond acceptors (Lipinski definition) is 4. The van der Waals surface area contributed by atoms with Gasteiger partial charge in [-0.3, -0.25) is 0 Å². The van der Waals surface area contributed by atoms with Crippen molar-refractivity contribution < 1.29 is 0 Å². The molecule has 2 unspecified atom stereocenters. The Balaban J connectivity index is 1.87. The molecule has 4 nitrogen and oxygen atoms in total. The minimum absolute atomic E-state index is 0.361. The lowest BCUT2D eigenvalue weighted by atomic mass is 10.1. The largest absolute Gasteiger partial charge is 0.370 e. The van der Waals surface area contributed by atoms with Crippen LogP contribution in [0.2, 0.25) is 0 Å². The van der Waals surface area contributed by atoms with E-state index in [1.54, 1.807) is 6.33 Å². The van der Waals surface area contributed by atoms with Gasteiger partial charge in [-0.2, -0.15) is 0 Å². The molecule has 2 atom stereocenters. The molecule has 1 saturated carbocycles. The minimum atomic E-state index is 0.361. The van der Waals surface area contributed by atoms with Gasteiger partial charge in [0.2, 0.25) is 0 Å². The molecular formula is C13H22N4. The molecule has 0 bridgehead atoms. The van der Waals surface area contributed by atoms with Crippen molar-refractivity contribution in [3.63, 3.8) is 0 Å². The molecule has 1 aromatic heterocycles. The quantitative estimate of drug-likeness (QED) is 0.817. The fraction of sp³-hybridized carbons (Fsp3) is 0.692. The zero-order valence-corrected chi connectivity index (χ0v) is 10.5. The minimum Gasteiger partial charge on any atom is -0.370 e. The van der Waals surface area contributed by atoms with Crippen LogP contribution in [0.3, 0.4) is 0 Å². The van der Waals surface area contributed by atoms with Crippen LogP contribution < -0.4 is 11.1 Å². The Morgan fingerprint density at radius 1 is 1.41 bits per heavy atom. The predicted octanol–water partition coefficient (Wildman–Crippen LogP) is 1.97. The first kappa shape index (κ1) is 12.3. The molecule has 0 saturated heterocycles. The van der Waals surface area contributed by atoms with Crippen molar-refractivity contribution in [3.05, 3.63) is 18.1 Å². The maximum absolute atomic E-state index is 6.05. The number of aryl methyl sites for hydroxylation is 1. The van der Waals surface area contributed by atoms with E-state index in [9.17, 15) is 0 Å². The lowest BCUT2D eigenvalue weighted by molar-refractivity contribution is 0.504. The fourth-order valence-electron chi connectivity index (χ4n) is 2.44. The molecule has 1 fully saturated rings. The molecule has 1 heterocycles. The summed E-state index contributed by atoms with van der Waals surface area (Å²) in [6.07, 6.45) is 7.43. The normalized spacial score (nSPS) is 23.9. The van der Waals surface area contributed by atoms with Crippen molar-refractivity contribution in [2.45, 2.75) is 45.1 Å². The molecule has 2 rings (SSSR count). The average Bonchev–Trinajstić information content (AvgIpc) is 2.73. The Bertz CT molecular complexity index is 353. The van der Waals surface area contributed by atoms with Crippen LogP contribution in [0.4, 0.5) is 5.82 Å². The molecule has 1 aliphatic rings. The third kappa shape index (κ3) is 3.40. The van der Waals surface area contributed by atoms with Crippen LogP contribution in [0.15, 0.2) is 12.4 Å². The van der Waals surface area contributed by atoms with Crippen molar-refractivity contribution >= 4 is 5.82 Å². The topological polar surface area (TPSA) is 63.8 Å². The molecule has 0 radical (unpaired) electrons. The van der Waals surface area contributed by atoms with Gasteiger partial charge in [0.25, 0.3) is 0 Å². The highest BCUT2D eigenvalue weighted by Crippen LogP contribution is 2.24. The van der Waals surface area contributed by atoms with Gasteiger partial charge in [-0.1, -0.05) is 19.8 Å². The summed E-state index contributed by atoms with van der Waals surface area (Å²) in [7, 11) is 0. The van der Waals surface area contributed by atoms with E-state index in [0.29, 0.717) is 12.0 Å². The van der Waals surface area contributed by atoms with E-state index in [0.717, 1.165) is 37.3 Å². The summed E-state index contributed by atoms with van der Waals surface area (Å²) in [5.74, 6) is 1.53. The second kappa shape index (κ2) is 5.96. The van der Waals surface area contributed by atoms with Gasteiger partial charge in [0.15, 0.2) is 0 Å². The monoisotopic (exact) mass is 234 g/mol. The summed E-state index contributed by atoms with van der Waals surface area (Å²) in [5.41, 5.74) is 7.16. The molecule has 4 heteroatoms. The molecule has 0 spiro atoms. The summed E-state index contributed by atoms with van der Waals surface area (Å²) in [5, 5.41) is 3.38. The Kier molecular flexibility index (Phi) is 4.31. The smallest absolute Gasteiger partial charge is 0.129 e. The van der Waals surface area contributed by atoms with Crippen molar-refractivity contribution in [1.29, 1.82) is 0 Å². The predicted molar refractivity (Wildman–Crippen MR) is 69.8 cm³/mol. The summed E-state index contributed by atoms with van der Waals surface area (Å²) < 4.78 is 0. The van der Waals surface area contributed by atoms with Gasteiger partial charge in [-0.15, -0.1) is 0 Å². The van der Waals surface area contributed by atoms with Crippen LogP contribution in [-0.2, 0) is 6.42 Å². The number of nitrogens with zero attached hydrogens (tertiary/aromatic N) is 2. The number of nitrogens with two attached hydrogens (primary N) is 1. The highest BCUT2D eigenvalue weighted by Gasteiger charge is 2.23. The lowest BCUT2D eigenvalue weighted by Crippen LogP contribution is -2.29. The van der Waals surface area contributed by atoms with Gasteiger partial charge in [-0.05, 0) is 25.2 Å². The van der Waals surface area contributed by atoms with Gasteiger partial charge in [0.05, 0.1) is 0 Å². The molecule has 0 aliphatic heterocycles. The summed E-state index contributed by atoms with van der Waals surface area (Å²) in [6, 6.07) is 2.41. The van der Waals surface area contributed by atoms with E-state index >= 15 is 0 Å². The molecule has 1 aliphatic carbocycles. The SMILES string of the molecule is CCCc1cc(NCC2CCCC2N)ncn1. The molecular weight excluding hydrogens is 212 g/mol. The standard InChI is InChI=1S/C13H22N4/c1-2-4-11-7-13(17-9-16-11)15-8-10-5-3-6-12(10)14/h7,9-10,12H,2-6,8,14H2,1H3,(H,15,16,17).